The number of nitro benzene ring substituents is 1. The number of sulfonamides is 1. The fourth-order valence-electron chi connectivity index (χ4n) is 2.63. The van der Waals surface area contributed by atoms with Gasteiger partial charge in [0.15, 0.2) is 0 Å². The summed E-state index contributed by atoms with van der Waals surface area (Å²) in [5, 5.41) is 13.6. The molecule has 2 aromatic rings. The predicted octanol–water partition coefficient (Wildman–Crippen LogP) is 3.04. The fourth-order valence-corrected chi connectivity index (χ4v) is 4.47. The summed E-state index contributed by atoms with van der Waals surface area (Å²) in [6.07, 6.45) is 0.512. The van der Waals surface area contributed by atoms with E-state index in [4.69, 9.17) is 11.6 Å². The monoisotopic (exact) mass is 395 g/mol. The summed E-state index contributed by atoms with van der Waals surface area (Å²) in [5.41, 5.74) is 0.802. The van der Waals surface area contributed by atoms with Crippen molar-refractivity contribution >= 4 is 44.6 Å². The van der Waals surface area contributed by atoms with E-state index in [1.807, 2.05) is 0 Å². The maximum atomic E-state index is 12.3. The first-order valence-electron chi connectivity index (χ1n) is 7.64. The van der Waals surface area contributed by atoms with Crippen LogP contribution in [0.1, 0.15) is 16.8 Å². The minimum Gasteiger partial charge on any atom is -0.322 e. The quantitative estimate of drug-likeness (QED) is 0.632. The van der Waals surface area contributed by atoms with E-state index in [0.29, 0.717) is 24.3 Å². The summed E-state index contributed by atoms with van der Waals surface area (Å²) in [6.45, 7) is 0.335. The van der Waals surface area contributed by atoms with Crippen LogP contribution in [0, 0.1) is 10.1 Å². The van der Waals surface area contributed by atoms with Crippen molar-refractivity contribution in [1.29, 1.82) is 0 Å². The molecule has 0 spiro atoms. The second-order valence-corrected chi connectivity index (χ2v) is 8.09. The molecule has 1 aliphatic rings. The summed E-state index contributed by atoms with van der Waals surface area (Å²) in [4.78, 5) is 22.4. The molecular formula is C16H14ClN3O5S. The van der Waals surface area contributed by atoms with Crippen LogP contribution in [0.5, 0.6) is 0 Å². The van der Waals surface area contributed by atoms with Gasteiger partial charge in [-0.25, -0.2) is 8.42 Å². The molecule has 0 radical (unpaired) electrons. The van der Waals surface area contributed by atoms with E-state index < -0.39 is 20.9 Å². The van der Waals surface area contributed by atoms with Crippen molar-refractivity contribution in [3.05, 3.63) is 63.2 Å². The molecule has 10 heteroatoms. The Bertz CT molecular complexity index is 976. The molecule has 1 amide bonds. The van der Waals surface area contributed by atoms with E-state index >= 15 is 0 Å². The van der Waals surface area contributed by atoms with Gasteiger partial charge in [0.25, 0.3) is 11.6 Å². The molecule has 136 valence electrons. The number of nitrogens with zero attached hydrogens (tertiary/aromatic N) is 2. The smallest absolute Gasteiger partial charge is 0.269 e. The predicted molar refractivity (Wildman–Crippen MR) is 98.3 cm³/mol. The van der Waals surface area contributed by atoms with Crippen molar-refractivity contribution in [3.8, 4) is 0 Å². The normalized spacial score (nSPS) is 15.7. The lowest BCUT2D eigenvalue weighted by Gasteiger charge is -2.19. The topological polar surface area (TPSA) is 110 Å². The Morgan fingerprint density at radius 3 is 2.46 bits per heavy atom. The third-order valence-corrected chi connectivity index (χ3v) is 6.09. The Morgan fingerprint density at radius 2 is 1.88 bits per heavy atom. The van der Waals surface area contributed by atoms with E-state index in [-0.39, 0.29) is 22.0 Å². The molecule has 1 fully saturated rings. The number of amides is 1. The van der Waals surface area contributed by atoms with E-state index in [2.05, 4.69) is 5.32 Å². The van der Waals surface area contributed by atoms with E-state index in [9.17, 15) is 23.3 Å². The number of non-ortho nitro benzene ring substituents is 1. The molecule has 2 aromatic carbocycles. The molecule has 0 saturated carbocycles. The maximum Gasteiger partial charge on any atom is 0.269 e. The lowest BCUT2D eigenvalue weighted by Crippen LogP contribution is -2.25. The zero-order valence-electron chi connectivity index (χ0n) is 13.4. The molecule has 3 rings (SSSR count). The second kappa shape index (κ2) is 6.93. The highest BCUT2D eigenvalue weighted by Gasteiger charge is 2.30. The number of anilines is 2. The molecule has 1 N–H and O–H groups in total. The van der Waals surface area contributed by atoms with Gasteiger partial charge in [0, 0.05) is 29.9 Å². The van der Waals surface area contributed by atoms with Gasteiger partial charge >= 0.3 is 0 Å². The number of carbonyl (C=O) groups is 1. The molecule has 0 aromatic heterocycles. The summed E-state index contributed by atoms with van der Waals surface area (Å²) in [6, 6.07) is 9.71. The molecule has 1 heterocycles. The Hall–Kier alpha value is -2.65. The highest BCUT2D eigenvalue weighted by molar-refractivity contribution is 7.93. The van der Waals surface area contributed by atoms with Gasteiger partial charge in [-0.3, -0.25) is 19.2 Å². The lowest BCUT2D eigenvalue weighted by atomic mass is 10.2. The van der Waals surface area contributed by atoms with Crippen LogP contribution in [0.4, 0.5) is 17.1 Å². The van der Waals surface area contributed by atoms with Gasteiger partial charge in [0.05, 0.1) is 21.4 Å². The third kappa shape index (κ3) is 3.63. The number of carbonyl (C=O) groups excluding carboxylic acids is 1. The minimum absolute atomic E-state index is 0.0582. The second-order valence-electron chi connectivity index (χ2n) is 5.67. The summed E-state index contributed by atoms with van der Waals surface area (Å²) < 4.78 is 25.4. The number of rotatable bonds is 4. The van der Waals surface area contributed by atoms with Crippen LogP contribution in [0.25, 0.3) is 0 Å². The summed E-state index contributed by atoms with van der Waals surface area (Å²) >= 11 is 6.12. The van der Waals surface area contributed by atoms with Crippen LogP contribution in [-0.2, 0) is 10.0 Å². The summed E-state index contributed by atoms with van der Waals surface area (Å²) in [7, 11) is -3.40. The van der Waals surface area contributed by atoms with Crippen molar-refractivity contribution in [2.75, 3.05) is 21.9 Å². The van der Waals surface area contributed by atoms with E-state index in [1.165, 1.54) is 40.7 Å². The first-order chi connectivity index (χ1) is 12.3. The van der Waals surface area contributed by atoms with Crippen LogP contribution in [0.2, 0.25) is 5.02 Å². The van der Waals surface area contributed by atoms with Crippen molar-refractivity contribution < 1.29 is 18.1 Å². The zero-order valence-corrected chi connectivity index (χ0v) is 15.0. The molecule has 0 aliphatic carbocycles. The molecule has 8 nitrogen and oxygen atoms in total. The number of nitro groups is 1. The number of hydrogen-bond acceptors (Lipinski definition) is 5. The SMILES string of the molecule is O=C(Nc1ccc(Cl)c(N2CCCS2(=O)=O)c1)c1ccc([N+](=O)[O-])cc1. The zero-order chi connectivity index (χ0) is 18.9. The van der Waals surface area contributed by atoms with Crippen molar-refractivity contribution in [3.63, 3.8) is 0 Å². The summed E-state index contributed by atoms with van der Waals surface area (Å²) in [5.74, 6) is -0.416. The molecule has 26 heavy (non-hydrogen) atoms. The van der Waals surface area contributed by atoms with Crippen LogP contribution in [-0.4, -0.2) is 31.5 Å². The van der Waals surface area contributed by atoms with Crippen LogP contribution in [0.15, 0.2) is 42.5 Å². The molecule has 1 saturated heterocycles. The number of nitrogens with one attached hydrogen (secondary N) is 1. The van der Waals surface area contributed by atoms with Crippen LogP contribution < -0.4 is 9.62 Å². The van der Waals surface area contributed by atoms with E-state index in [0.717, 1.165) is 0 Å². The molecular weight excluding hydrogens is 382 g/mol. The molecule has 1 aliphatic heterocycles. The number of hydrogen-bond donors (Lipinski definition) is 1. The van der Waals surface area contributed by atoms with Gasteiger partial charge in [-0.15, -0.1) is 0 Å². The highest BCUT2D eigenvalue weighted by Crippen LogP contribution is 2.33. The number of halogens is 1. The minimum atomic E-state index is -3.40. The Labute approximate surface area is 154 Å². The van der Waals surface area contributed by atoms with Crippen molar-refractivity contribution in [2.45, 2.75) is 6.42 Å². The maximum absolute atomic E-state index is 12.3. The first-order valence-corrected chi connectivity index (χ1v) is 9.62. The Kier molecular flexibility index (Phi) is 4.84. The molecule has 0 atom stereocenters. The fraction of sp³-hybridized carbons (Fsp3) is 0.188. The Morgan fingerprint density at radius 1 is 1.19 bits per heavy atom. The van der Waals surface area contributed by atoms with Gasteiger partial charge in [-0.05, 0) is 36.8 Å². The van der Waals surface area contributed by atoms with Crippen molar-refractivity contribution in [1.82, 2.24) is 0 Å². The largest absolute Gasteiger partial charge is 0.322 e. The van der Waals surface area contributed by atoms with Gasteiger partial charge < -0.3 is 5.32 Å². The molecule has 0 unspecified atom stereocenters. The average molecular weight is 396 g/mol. The molecule has 0 bridgehead atoms. The van der Waals surface area contributed by atoms with Crippen LogP contribution in [0.3, 0.4) is 0 Å². The van der Waals surface area contributed by atoms with Gasteiger partial charge in [0.2, 0.25) is 10.0 Å². The average Bonchev–Trinajstić information content (AvgIpc) is 2.95. The van der Waals surface area contributed by atoms with Crippen LogP contribution >= 0.6 is 11.6 Å². The first kappa shape index (κ1) is 18.2. The van der Waals surface area contributed by atoms with E-state index in [1.54, 1.807) is 6.07 Å². The Balaban J connectivity index is 1.83. The number of benzene rings is 2. The van der Waals surface area contributed by atoms with Gasteiger partial charge in [-0.2, -0.15) is 0 Å². The standard InChI is InChI=1S/C16H14ClN3O5S/c17-14-7-4-12(10-15(14)19-8-1-9-26(19,24)25)18-16(21)11-2-5-13(6-3-11)20(22)23/h2-7,10H,1,8-9H2,(H,18,21). The lowest BCUT2D eigenvalue weighted by molar-refractivity contribution is -0.384. The van der Waals surface area contributed by atoms with Crippen molar-refractivity contribution in [2.24, 2.45) is 0 Å². The van der Waals surface area contributed by atoms with Gasteiger partial charge in [0.1, 0.15) is 0 Å². The third-order valence-electron chi connectivity index (χ3n) is 3.91. The highest BCUT2D eigenvalue weighted by atomic mass is 35.5. The van der Waals surface area contributed by atoms with Gasteiger partial charge in [-0.1, -0.05) is 11.6 Å².